The van der Waals surface area contributed by atoms with Crippen LogP contribution in [0.1, 0.15) is 60.8 Å². The van der Waals surface area contributed by atoms with Crippen LogP contribution >= 0.6 is 0 Å². The van der Waals surface area contributed by atoms with Crippen LogP contribution in [0.5, 0.6) is 5.75 Å². The summed E-state index contributed by atoms with van der Waals surface area (Å²) in [7, 11) is 0. The first kappa shape index (κ1) is 21.8. The van der Waals surface area contributed by atoms with E-state index in [0.29, 0.717) is 10.8 Å². The fourth-order valence-electron chi connectivity index (χ4n) is 2.96. The van der Waals surface area contributed by atoms with Crippen LogP contribution in [0.15, 0.2) is 43.0 Å². The van der Waals surface area contributed by atoms with Crippen molar-refractivity contribution in [1.82, 2.24) is 0 Å². The van der Waals surface area contributed by atoms with E-state index in [-0.39, 0.29) is 5.41 Å². The van der Waals surface area contributed by atoms with Crippen molar-refractivity contribution in [3.8, 4) is 5.75 Å². The highest BCUT2D eigenvalue weighted by Crippen LogP contribution is 2.36. The summed E-state index contributed by atoms with van der Waals surface area (Å²) < 4.78 is 11.0. The van der Waals surface area contributed by atoms with Crippen LogP contribution in [0.25, 0.3) is 0 Å². The van der Waals surface area contributed by atoms with Crippen molar-refractivity contribution in [1.29, 1.82) is 0 Å². The van der Waals surface area contributed by atoms with E-state index >= 15 is 0 Å². The Labute approximate surface area is 155 Å². The molecule has 0 unspecified atom stereocenters. The van der Waals surface area contributed by atoms with Gasteiger partial charge in [-0.3, -0.25) is 0 Å². The maximum atomic E-state index is 5.72. The van der Waals surface area contributed by atoms with Gasteiger partial charge in [0, 0.05) is 0 Å². The molecule has 2 rings (SSSR count). The molecule has 1 fully saturated rings. The number of allylic oxidation sites excluding steroid dienone is 1. The molecule has 1 heterocycles. The molecule has 0 aliphatic carbocycles. The molecule has 0 bridgehead atoms. The molecule has 1 saturated heterocycles. The molecule has 1 aliphatic rings. The average Bonchev–Trinajstić information content (AvgIpc) is 2.55. The van der Waals surface area contributed by atoms with E-state index in [1.165, 1.54) is 12.8 Å². The van der Waals surface area contributed by atoms with Gasteiger partial charge in [0.1, 0.15) is 5.75 Å². The lowest BCUT2D eigenvalue weighted by atomic mass is 9.74. The molecular formula is C23H38O2. The Bertz CT molecular complexity index is 493. The quantitative estimate of drug-likeness (QED) is 0.499. The molecule has 0 amide bonds. The maximum absolute atomic E-state index is 5.72. The molecule has 0 aromatic heterocycles. The summed E-state index contributed by atoms with van der Waals surface area (Å²) in [6, 6.07) is 9.96. The predicted octanol–water partition coefficient (Wildman–Crippen LogP) is 6.52. The van der Waals surface area contributed by atoms with Crippen molar-refractivity contribution in [3.05, 3.63) is 43.0 Å². The zero-order valence-corrected chi connectivity index (χ0v) is 17.2. The van der Waals surface area contributed by atoms with Gasteiger partial charge in [0.05, 0.1) is 25.2 Å². The average molecular weight is 347 g/mol. The lowest BCUT2D eigenvalue weighted by molar-refractivity contribution is -0.133. The van der Waals surface area contributed by atoms with Crippen LogP contribution in [-0.4, -0.2) is 19.8 Å². The smallest absolute Gasteiger partial charge is 0.119 e. The molecule has 0 spiro atoms. The highest BCUT2D eigenvalue weighted by molar-refractivity contribution is 5.21. The molecule has 1 aliphatic heterocycles. The standard InChI is InChI=1S/C12H16O2.C11H22/c1-2-12(8-13-9-12)10-14-11-6-4-3-5-7-11;1-7-10(3,4)9-11(5,6)8-2/h3-7H,2,8-10H2,1H3;7H,1,8-9H2,2-6H3. The molecule has 1 aromatic carbocycles. The van der Waals surface area contributed by atoms with E-state index in [0.717, 1.165) is 32.0 Å². The van der Waals surface area contributed by atoms with Crippen molar-refractivity contribution >= 4 is 0 Å². The van der Waals surface area contributed by atoms with Gasteiger partial charge in [-0.25, -0.2) is 0 Å². The van der Waals surface area contributed by atoms with Gasteiger partial charge in [0.25, 0.3) is 0 Å². The van der Waals surface area contributed by atoms with Crippen LogP contribution < -0.4 is 4.74 Å². The van der Waals surface area contributed by atoms with Gasteiger partial charge in [0.2, 0.25) is 0 Å². The molecule has 1 aromatic rings. The molecule has 2 nitrogen and oxygen atoms in total. The van der Waals surface area contributed by atoms with Gasteiger partial charge in [-0.1, -0.05) is 72.2 Å². The minimum atomic E-state index is 0.274. The molecule has 0 radical (unpaired) electrons. The van der Waals surface area contributed by atoms with Crippen molar-refractivity contribution in [2.45, 2.75) is 60.8 Å². The van der Waals surface area contributed by atoms with Crippen LogP contribution in [0.4, 0.5) is 0 Å². The topological polar surface area (TPSA) is 18.5 Å². The zero-order valence-electron chi connectivity index (χ0n) is 17.2. The summed E-state index contributed by atoms with van der Waals surface area (Å²) in [6.07, 6.45) is 5.65. The fourth-order valence-corrected chi connectivity index (χ4v) is 2.96. The second kappa shape index (κ2) is 9.43. The minimum absolute atomic E-state index is 0.274. The third kappa shape index (κ3) is 7.64. The summed E-state index contributed by atoms with van der Waals surface area (Å²) >= 11 is 0. The number of hydrogen-bond acceptors (Lipinski definition) is 2. The van der Waals surface area contributed by atoms with Crippen LogP contribution in [0.2, 0.25) is 0 Å². The van der Waals surface area contributed by atoms with Crippen molar-refractivity contribution in [3.63, 3.8) is 0 Å². The Morgan fingerprint density at radius 3 is 2.12 bits per heavy atom. The lowest BCUT2D eigenvalue weighted by Crippen LogP contribution is -2.46. The summed E-state index contributed by atoms with van der Waals surface area (Å²) in [6.45, 7) is 19.9. The number of rotatable bonds is 8. The maximum Gasteiger partial charge on any atom is 0.119 e. The molecule has 0 saturated carbocycles. The van der Waals surface area contributed by atoms with Crippen LogP contribution in [-0.2, 0) is 4.74 Å². The van der Waals surface area contributed by atoms with Gasteiger partial charge in [-0.2, -0.15) is 0 Å². The zero-order chi connectivity index (χ0) is 19.0. The van der Waals surface area contributed by atoms with Gasteiger partial charge < -0.3 is 9.47 Å². The summed E-state index contributed by atoms with van der Waals surface area (Å²) in [5.74, 6) is 0.951. The third-order valence-corrected chi connectivity index (χ3v) is 5.30. The SMILES string of the molecule is C=CC(C)(C)CC(C)(C)CC.CCC1(COc2ccccc2)COC1. The monoisotopic (exact) mass is 346 g/mol. The van der Waals surface area contributed by atoms with Crippen molar-refractivity contribution in [2.75, 3.05) is 19.8 Å². The Morgan fingerprint density at radius 1 is 1.12 bits per heavy atom. The third-order valence-electron chi connectivity index (χ3n) is 5.30. The fraction of sp³-hybridized carbons (Fsp3) is 0.652. The number of hydrogen-bond donors (Lipinski definition) is 0. The van der Waals surface area contributed by atoms with E-state index in [9.17, 15) is 0 Å². The minimum Gasteiger partial charge on any atom is -0.493 e. The van der Waals surface area contributed by atoms with Crippen molar-refractivity contribution < 1.29 is 9.47 Å². The van der Waals surface area contributed by atoms with E-state index < -0.39 is 0 Å². The summed E-state index contributed by atoms with van der Waals surface area (Å²) in [5.41, 5.74) is 1.02. The first-order valence-electron chi connectivity index (χ1n) is 9.57. The first-order valence-corrected chi connectivity index (χ1v) is 9.57. The van der Waals surface area contributed by atoms with Crippen LogP contribution in [0.3, 0.4) is 0 Å². The number of para-hydroxylation sites is 1. The largest absolute Gasteiger partial charge is 0.493 e. The van der Waals surface area contributed by atoms with E-state index in [4.69, 9.17) is 9.47 Å². The Balaban J connectivity index is 0.000000260. The lowest BCUT2D eigenvalue weighted by Gasteiger charge is -2.40. The molecular weight excluding hydrogens is 308 g/mol. The Hall–Kier alpha value is -1.28. The summed E-state index contributed by atoms with van der Waals surface area (Å²) in [5, 5.41) is 0. The second-order valence-electron chi connectivity index (χ2n) is 8.84. The molecule has 25 heavy (non-hydrogen) atoms. The second-order valence-corrected chi connectivity index (χ2v) is 8.84. The summed E-state index contributed by atoms with van der Waals surface area (Å²) in [4.78, 5) is 0. The molecule has 142 valence electrons. The Morgan fingerprint density at radius 2 is 1.72 bits per heavy atom. The molecule has 0 atom stereocenters. The first-order chi connectivity index (χ1) is 11.7. The van der Waals surface area contributed by atoms with E-state index in [1.807, 2.05) is 30.3 Å². The van der Waals surface area contributed by atoms with Gasteiger partial charge in [-0.05, 0) is 35.8 Å². The van der Waals surface area contributed by atoms with Gasteiger partial charge in [0.15, 0.2) is 0 Å². The highest BCUT2D eigenvalue weighted by atomic mass is 16.5. The molecule has 2 heteroatoms. The molecule has 0 N–H and O–H groups in total. The predicted molar refractivity (Wildman–Crippen MR) is 108 cm³/mol. The number of benzene rings is 1. The van der Waals surface area contributed by atoms with E-state index in [2.05, 4.69) is 54.2 Å². The van der Waals surface area contributed by atoms with Crippen molar-refractivity contribution in [2.24, 2.45) is 16.2 Å². The number of ether oxygens (including phenoxy) is 2. The Kier molecular flexibility index (Phi) is 8.21. The van der Waals surface area contributed by atoms with E-state index in [1.54, 1.807) is 0 Å². The van der Waals surface area contributed by atoms with Crippen LogP contribution in [0, 0.1) is 16.2 Å². The normalized spacial score (nSPS) is 16.2. The highest BCUT2D eigenvalue weighted by Gasteiger charge is 2.37. The van der Waals surface area contributed by atoms with Gasteiger partial charge >= 0.3 is 0 Å². The van der Waals surface area contributed by atoms with Gasteiger partial charge in [-0.15, -0.1) is 6.58 Å².